The van der Waals surface area contributed by atoms with E-state index in [2.05, 4.69) is 19.6 Å². The van der Waals surface area contributed by atoms with Crippen molar-refractivity contribution < 1.29 is 29.2 Å². The molecule has 6 nitrogen and oxygen atoms in total. The molecule has 0 aromatic carbocycles. The van der Waals surface area contributed by atoms with E-state index in [9.17, 15) is 10.2 Å². The van der Waals surface area contributed by atoms with E-state index in [1.807, 2.05) is 0 Å². The average molecular weight is 320 g/mol. The van der Waals surface area contributed by atoms with Gasteiger partial charge in [-0.15, -0.1) is 0 Å². The fourth-order valence-corrected chi connectivity index (χ4v) is 3.18. The zero-order valence-electron chi connectivity index (χ0n) is 13.5. The number of hydrogen-bond acceptors (Lipinski definition) is 6. The lowest BCUT2D eigenvalue weighted by molar-refractivity contribution is -0.381. The molecule has 0 spiro atoms. The van der Waals surface area contributed by atoms with Crippen molar-refractivity contribution in [2.45, 2.75) is 76.0 Å². The zero-order valence-corrected chi connectivity index (χ0v) is 14.5. The van der Waals surface area contributed by atoms with E-state index < -0.39 is 44.6 Å². The maximum absolute atomic E-state index is 10.3. The Hall–Kier alpha value is -0.0231. The van der Waals surface area contributed by atoms with Gasteiger partial charge in [0.05, 0.1) is 6.61 Å². The molecule has 2 heterocycles. The van der Waals surface area contributed by atoms with Crippen molar-refractivity contribution >= 4 is 8.07 Å². The summed E-state index contributed by atoms with van der Waals surface area (Å²) in [5.74, 6) is -0.781. The summed E-state index contributed by atoms with van der Waals surface area (Å²) in [7, 11) is -1.21. The molecule has 0 bridgehead atoms. The third-order valence-corrected chi connectivity index (χ3v) is 5.49. The van der Waals surface area contributed by atoms with Gasteiger partial charge in [-0.25, -0.2) is 0 Å². The minimum Gasteiger partial charge on any atom is -0.387 e. The summed E-state index contributed by atoms with van der Waals surface area (Å²) in [6.45, 7) is 11.2. The lowest BCUT2D eigenvalue weighted by atomic mass is 9.97. The van der Waals surface area contributed by atoms with E-state index in [-0.39, 0.29) is 0 Å². The number of fused-ring (bicyclic) bond motifs is 1. The van der Waals surface area contributed by atoms with Crippen LogP contribution in [0.15, 0.2) is 0 Å². The Morgan fingerprint density at radius 1 is 1.19 bits per heavy atom. The number of hydrogen-bond donors (Lipinski definition) is 2. The van der Waals surface area contributed by atoms with Crippen molar-refractivity contribution in [2.24, 2.45) is 0 Å². The lowest BCUT2D eigenvalue weighted by Crippen LogP contribution is -2.64. The molecule has 2 aliphatic rings. The molecule has 0 aliphatic carbocycles. The first kappa shape index (κ1) is 17.3. The van der Waals surface area contributed by atoms with Gasteiger partial charge < -0.3 is 29.2 Å². The molecule has 124 valence electrons. The smallest absolute Gasteiger partial charge is 0.186 e. The van der Waals surface area contributed by atoms with Crippen molar-refractivity contribution in [2.75, 3.05) is 13.2 Å². The van der Waals surface area contributed by atoms with Gasteiger partial charge in [0.1, 0.15) is 24.4 Å². The van der Waals surface area contributed by atoms with Gasteiger partial charge in [0, 0.05) is 14.7 Å². The van der Waals surface area contributed by atoms with Gasteiger partial charge in [0.25, 0.3) is 0 Å². The first-order valence-electron chi connectivity index (χ1n) is 7.54. The molecule has 0 radical (unpaired) electrons. The molecule has 5 atom stereocenters. The van der Waals surface area contributed by atoms with Crippen LogP contribution in [-0.4, -0.2) is 68.0 Å². The normalized spacial score (nSPS) is 39.9. The van der Waals surface area contributed by atoms with Gasteiger partial charge in [0.2, 0.25) is 0 Å². The van der Waals surface area contributed by atoms with Gasteiger partial charge in [-0.3, -0.25) is 0 Å². The highest BCUT2D eigenvalue weighted by Crippen LogP contribution is 2.32. The molecule has 2 aliphatic heterocycles. The van der Waals surface area contributed by atoms with Crippen molar-refractivity contribution in [3.8, 4) is 0 Å². The van der Waals surface area contributed by atoms with Crippen molar-refractivity contribution in [3.05, 3.63) is 0 Å². The molecular weight excluding hydrogens is 292 g/mol. The van der Waals surface area contributed by atoms with Crippen LogP contribution in [0.25, 0.3) is 0 Å². The molecule has 0 amide bonds. The number of aliphatic hydroxyl groups is 2. The summed E-state index contributed by atoms with van der Waals surface area (Å²) in [4.78, 5) is 0. The third kappa shape index (κ3) is 4.48. The minimum atomic E-state index is -1.21. The molecule has 21 heavy (non-hydrogen) atoms. The van der Waals surface area contributed by atoms with Crippen LogP contribution in [-0.2, 0) is 18.9 Å². The Morgan fingerprint density at radius 3 is 2.48 bits per heavy atom. The van der Waals surface area contributed by atoms with Gasteiger partial charge in [-0.2, -0.15) is 0 Å². The highest BCUT2D eigenvalue weighted by molar-refractivity contribution is 6.76. The maximum atomic E-state index is 10.3. The SMILES string of the molecule is CC1(C)OCC2O[C@@H](OCC[Si](C)(C)C)C(O)[C@@H](O)[C@@H]2O1. The largest absolute Gasteiger partial charge is 0.387 e. The summed E-state index contributed by atoms with van der Waals surface area (Å²) < 4.78 is 22.5. The molecule has 2 N–H and O–H groups in total. The molecule has 7 heteroatoms. The van der Waals surface area contributed by atoms with E-state index in [0.29, 0.717) is 13.2 Å². The molecule has 2 fully saturated rings. The van der Waals surface area contributed by atoms with Crippen LogP contribution in [0.5, 0.6) is 0 Å². The first-order chi connectivity index (χ1) is 9.59. The molecular formula is C14H28O6Si. The number of aliphatic hydroxyl groups excluding tert-OH is 2. The molecule has 0 aromatic heterocycles. The van der Waals surface area contributed by atoms with E-state index in [4.69, 9.17) is 18.9 Å². The van der Waals surface area contributed by atoms with E-state index in [1.54, 1.807) is 13.8 Å². The second kappa shape index (κ2) is 6.23. The van der Waals surface area contributed by atoms with Gasteiger partial charge in [0.15, 0.2) is 12.1 Å². The Labute approximate surface area is 127 Å². The molecule has 2 rings (SSSR count). The summed E-state index contributed by atoms with van der Waals surface area (Å²) >= 11 is 0. The van der Waals surface area contributed by atoms with E-state index >= 15 is 0 Å². The van der Waals surface area contributed by atoms with Gasteiger partial charge >= 0.3 is 0 Å². The van der Waals surface area contributed by atoms with Crippen molar-refractivity contribution in [1.29, 1.82) is 0 Å². The topological polar surface area (TPSA) is 77.4 Å². The standard InChI is InChI=1S/C14H28O6Si/c1-14(2)18-8-9-12(20-14)10(15)11(16)13(19-9)17-6-7-21(3,4)5/h9-13,15-16H,6-8H2,1-5H3/t9?,10-,11?,12-,13-/m1/s1. The fraction of sp³-hybridized carbons (Fsp3) is 1.00. The van der Waals surface area contributed by atoms with Crippen LogP contribution in [0.1, 0.15) is 13.8 Å². The van der Waals surface area contributed by atoms with Crippen molar-refractivity contribution in [1.82, 2.24) is 0 Å². The number of rotatable bonds is 4. The Bertz CT molecular complexity index is 354. The van der Waals surface area contributed by atoms with Crippen LogP contribution < -0.4 is 0 Å². The van der Waals surface area contributed by atoms with Crippen LogP contribution in [0.2, 0.25) is 25.7 Å². The summed E-state index contributed by atoms with van der Waals surface area (Å²) in [6.07, 6.45) is -3.99. The van der Waals surface area contributed by atoms with E-state index in [0.717, 1.165) is 6.04 Å². The summed E-state index contributed by atoms with van der Waals surface area (Å²) in [5.41, 5.74) is 0. The average Bonchev–Trinajstić information content (AvgIpc) is 2.34. The predicted octanol–water partition coefficient (Wildman–Crippen LogP) is 0.939. The highest BCUT2D eigenvalue weighted by Gasteiger charge is 2.50. The van der Waals surface area contributed by atoms with Crippen LogP contribution in [0, 0.1) is 0 Å². The van der Waals surface area contributed by atoms with Crippen LogP contribution in [0.4, 0.5) is 0 Å². The van der Waals surface area contributed by atoms with Gasteiger partial charge in [-0.05, 0) is 19.9 Å². The predicted molar refractivity (Wildman–Crippen MR) is 79.7 cm³/mol. The Morgan fingerprint density at radius 2 is 1.86 bits per heavy atom. The molecule has 0 aromatic rings. The zero-order chi connectivity index (χ0) is 15.8. The first-order valence-corrected chi connectivity index (χ1v) is 11.2. The van der Waals surface area contributed by atoms with Crippen molar-refractivity contribution in [3.63, 3.8) is 0 Å². The highest BCUT2D eigenvalue weighted by atomic mass is 28.3. The quantitative estimate of drug-likeness (QED) is 0.751. The Balaban J connectivity index is 1.92. The minimum absolute atomic E-state index is 0.315. The second-order valence-electron chi connectivity index (χ2n) is 7.50. The monoisotopic (exact) mass is 320 g/mol. The van der Waals surface area contributed by atoms with E-state index in [1.165, 1.54) is 0 Å². The van der Waals surface area contributed by atoms with Crippen LogP contribution in [0.3, 0.4) is 0 Å². The maximum Gasteiger partial charge on any atom is 0.186 e. The Kier molecular flexibility index (Phi) is 5.14. The van der Waals surface area contributed by atoms with Gasteiger partial charge in [-0.1, -0.05) is 19.6 Å². The van der Waals surface area contributed by atoms with Crippen LogP contribution >= 0.6 is 0 Å². The lowest BCUT2D eigenvalue weighted by Gasteiger charge is -2.48. The fourth-order valence-electron chi connectivity index (χ4n) is 2.45. The molecule has 2 unspecified atom stereocenters. The number of ether oxygens (including phenoxy) is 4. The summed E-state index contributed by atoms with van der Waals surface area (Å²) in [5, 5.41) is 20.4. The molecule has 2 saturated heterocycles. The third-order valence-electron chi connectivity index (χ3n) is 3.79. The second-order valence-corrected chi connectivity index (χ2v) is 13.1. The molecule has 0 saturated carbocycles. The summed E-state index contributed by atoms with van der Waals surface area (Å²) in [6, 6.07) is 0.976.